The number of nitrogens with zero attached hydrogens (tertiary/aromatic N) is 2. The van der Waals surface area contributed by atoms with E-state index in [1.54, 1.807) is 11.8 Å². The van der Waals surface area contributed by atoms with Crippen molar-refractivity contribution in [3.05, 3.63) is 17.5 Å². The minimum Gasteiger partial charge on any atom is -0.378 e. The molecule has 1 aromatic heterocycles. The van der Waals surface area contributed by atoms with Crippen LogP contribution in [0.25, 0.3) is 0 Å². The summed E-state index contributed by atoms with van der Waals surface area (Å²) < 4.78 is 5.18. The molecule has 1 aliphatic heterocycles. The molecular weight excluding hydrogens is 248 g/mol. The van der Waals surface area contributed by atoms with E-state index in [9.17, 15) is 9.59 Å². The Morgan fingerprint density at radius 2 is 2.21 bits per heavy atom. The number of hydrogen-bond acceptors (Lipinski definition) is 4. The third kappa shape index (κ3) is 3.54. The van der Waals surface area contributed by atoms with E-state index in [0.717, 1.165) is 5.69 Å². The maximum atomic E-state index is 11.8. The first kappa shape index (κ1) is 13.5. The van der Waals surface area contributed by atoms with Gasteiger partial charge in [0.25, 0.3) is 5.91 Å². The Kier molecular flexibility index (Phi) is 4.51. The number of aromatic amines is 1. The number of carbonyl (C=O) groups excluding carboxylic acids is 2. The van der Waals surface area contributed by atoms with Gasteiger partial charge in [-0.1, -0.05) is 0 Å². The fourth-order valence-electron chi connectivity index (χ4n) is 1.93. The molecule has 0 bridgehead atoms. The van der Waals surface area contributed by atoms with Crippen LogP contribution >= 0.6 is 0 Å². The molecule has 2 heterocycles. The monoisotopic (exact) mass is 266 g/mol. The fraction of sp³-hybridized carbons (Fsp3) is 0.583. The summed E-state index contributed by atoms with van der Waals surface area (Å²) in [5.74, 6) is -0.159. The minimum atomic E-state index is -0.207. The van der Waals surface area contributed by atoms with Crippen LogP contribution in [0.1, 0.15) is 22.5 Å². The van der Waals surface area contributed by atoms with Crippen molar-refractivity contribution in [3.63, 3.8) is 0 Å². The van der Waals surface area contributed by atoms with Crippen molar-refractivity contribution in [2.75, 3.05) is 32.8 Å². The molecular formula is C12H18N4O3. The van der Waals surface area contributed by atoms with E-state index in [4.69, 9.17) is 4.74 Å². The number of hydrogen-bond donors (Lipinski definition) is 2. The maximum Gasteiger partial charge on any atom is 0.254 e. The summed E-state index contributed by atoms with van der Waals surface area (Å²) in [6, 6.07) is 0. The van der Waals surface area contributed by atoms with Gasteiger partial charge in [0.2, 0.25) is 5.91 Å². The van der Waals surface area contributed by atoms with E-state index in [1.807, 2.05) is 0 Å². The first-order valence-electron chi connectivity index (χ1n) is 6.32. The average molecular weight is 266 g/mol. The molecule has 2 N–H and O–H groups in total. The molecule has 0 atom stereocenters. The van der Waals surface area contributed by atoms with Gasteiger partial charge in [-0.25, -0.2) is 0 Å². The summed E-state index contributed by atoms with van der Waals surface area (Å²) in [6.45, 7) is 4.56. The summed E-state index contributed by atoms with van der Waals surface area (Å²) in [4.78, 5) is 25.4. The van der Waals surface area contributed by atoms with Crippen LogP contribution in [-0.4, -0.2) is 59.8 Å². The third-order valence-corrected chi connectivity index (χ3v) is 3.06. The molecule has 7 nitrogen and oxygen atoms in total. The molecule has 0 aromatic carbocycles. The van der Waals surface area contributed by atoms with Crippen LogP contribution in [0, 0.1) is 6.92 Å². The van der Waals surface area contributed by atoms with Crippen molar-refractivity contribution < 1.29 is 14.3 Å². The van der Waals surface area contributed by atoms with Gasteiger partial charge in [0.15, 0.2) is 0 Å². The van der Waals surface area contributed by atoms with E-state index in [0.29, 0.717) is 44.8 Å². The van der Waals surface area contributed by atoms with Crippen LogP contribution in [0.2, 0.25) is 0 Å². The van der Waals surface area contributed by atoms with Gasteiger partial charge in [0.1, 0.15) is 0 Å². The summed E-state index contributed by atoms with van der Waals surface area (Å²) in [5.41, 5.74) is 1.23. The number of ether oxygens (including phenoxy) is 1. The highest BCUT2D eigenvalue weighted by atomic mass is 16.5. The maximum absolute atomic E-state index is 11.8. The Morgan fingerprint density at radius 1 is 1.47 bits per heavy atom. The van der Waals surface area contributed by atoms with E-state index in [2.05, 4.69) is 15.5 Å². The molecule has 0 unspecified atom stereocenters. The molecule has 0 saturated carbocycles. The van der Waals surface area contributed by atoms with Crippen LogP contribution in [-0.2, 0) is 9.53 Å². The second-order valence-corrected chi connectivity index (χ2v) is 4.41. The predicted molar refractivity (Wildman–Crippen MR) is 67.7 cm³/mol. The highest BCUT2D eigenvalue weighted by Gasteiger charge is 2.17. The molecule has 0 aliphatic carbocycles. The Labute approximate surface area is 111 Å². The Bertz CT molecular complexity index is 452. The van der Waals surface area contributed by atoms with E-state index >= 15 is 0 Å². The molecule has 7 heteroatoms. The number of nitrogens with one attached hydrogen (secondary N) is 2. The van der Waals surface area contributed by atoms with Gasteiger partial charge in [-0.15, -0.1) is 0 Å². The van der Waals surface area contributed by atoms with Gasteiger partial charge in [0, 0.05) is 31.7 Å². The molecule has 0 spiro atoms. The van der Waals surface area contributed by atoms with Crippen LogP contribution in [0.5, 0.6) is 0 Å². The topological polar surface area (TPSA) is 87.3 Å². The van der Waals surface area contributed by atoms with Gasteiger partial charge >= 0.3 is 0 Å². The summed E-state index contributed by atoms with van der Waals surface area (Å²) in [7, 11) is 0. The van der Waals surface area contributed by atoms with Crippen molar-refractivity contribution in [1.29, 1.82) is 0 Å². The van der Waals surface area contributed by atoms with E-state index in [-0.39, 0.29) is 11.8 Å². The molecule has 0 radical (unpaired) electrons. The van der Waals surface area contributed by atoms with E-state index < -0.39 is 0 Å². The number of morpholine rings is 1. The van der Waals surface area contributed by atoms with E-state index in [1.165, 1.54) is 6.20 Å². The van der Waals surface area contributed by atoms with Crippen molar-refractivity contribution in [2.24, 2.45) is 0 Å². The number of carbonyl (C=O) groups is 2. The molecule has 19 heavy (non-hydrogen) atoms. The highest BCUT2D eigenvalue weighted by Crippen LogP contribution is 2.02. The van der Waals surface area contributed by atoms with Gasteiger partial charge in [-0.05, 0) is 6.92 Å². The normalized spacial score (nSPS) is 15.3. The van der Waals surface area contributed by atoms with Gasteiger partial charge in [0.05, 0.1) is 25.0 Å². The molecule has 104 valence electrons. The first-order chi connectivity index (χ1) is 9.18. The zero-order valence-electron chi connectivity index (χ0n) is 10.9. The van der Waals surface area contributed by atoms with Crippen molar-refractivity contribution in [1.82, 2.24) is 20.4 Å². The summed E-state index contributed by atoms with van der Waals surface area (Å²) >= 11 is 0. The lowest BCUT2D eigenvalue weighted by molar-refractivity contribution is -0.135. The molecule has 1 saturated heterocycles. The molecule has 1 aromatic rings. The van der Waals surface area contributed by atoms with Crippen molar-refractivity contribution in [2.45, 2.75) is 13.3 Å². The number of aryl methyl sites for hydroxylation is 1. The Balaban J connectivity index is 1.73. The second kappa shape index (κ2) is 6.33. The minimum absolute atomic E-state index is 0.0486. The van der Waals surface area contributed by atoms with Crippen LogP contribution in [0.3, 0.4) is 0 Å². The predicted octanol–water partition coefficient (Wildman–Crippen LogP) is -0.303. The lowest BCUT2D eigenvalue weighted by Crippen LogP contribution is -2.42. The largest absolute Gasteiger partial charge is 0.378 e. The SMILES string of the molecule is Cc1[nH]ncc1C(=O)NCCC(=O)N1CCOCC1. The summed E-state index contributed by atoms with van der Waals surface area (Å²) in [5, 5.41) is 9.20. The van der Waals surface area contributed by atoms with Crippen molar-refractivity contribution >= 4 is 11.8 Å². The lowest BCUT2D eigenvalue weighted by atomic mass is 10.2. The van der Waals surface area contributed by atoms with Gasteiger partial charge < -0.3 is 15.0 Å². The smallest absolute Gasteiger partial charge is 0.254 e. The number of amides is 2. The molecule has 2 amide bonds. The van der Waals surface area contributed by atoms with Gasteiger partial charge in [-0.2, -0.15) is 5.10 Å². The molecule has 1 fully saturated rings. The van der Waals surface area contributed by atoms with Crippen LogP contribution in [0.4, 0.5) is 0 Å². The number of rotatable bonds is 4. The standard InChI is InChI=1S/C12H18N4O3/c1-9-10(8-14-15-9)12(18)13-3-2-11(17)16-4-6-19-7-5-16/h8H,2-7H2,1H3,(H,13,18)(H,14,15). The molecule has 2 rings (SSSR count). The average Bonchev–Trinajstić information content (AvgIpc) is 2.86. The van der Waals surface area contributed by atoms with Crippen LogP contribution in [0.15, 0.2) is 6.20 Å². The zero-order chi connectivity index (χ0) is 13.7. The number of aromatic nitrogens is 2. The quantitative estimate of drug-likeness (QED) is 0.783. The highest BCUT2D eigenvalue weighted by molar-refractivity contribution is 5.95. The zero-order valence-corrected chi connectivity index (χ0v) is 10.9. The second-order valence-electron chi connectivity index (χ2n) is 4.41. The lowest BCUT2D eigenvalue weighted by Gasteiger charge is -2.26. The fourth-order valence-corrected chi connectivity index (χ4v) is 1.93. The van der Waals surface area contributed by atoms with Crippen LogP contribution < -0.4 is 5.32 Å². The molecule has 1 aliphatic rings. The van der Waals surface area contributed by atoms with Crippen molar-refractivity contribution in [3.8, 4) is 0 Å². The third-order valence-electron chi connectivity index (χ3n) is 3.06. The first-order valence-corrected chi connectivity index (χ1v) is 6.32. The Morgan fingerprint density at radius 3 is 2.84 bits per heavy atom. The number of H-pyrrole nitrogens is 1. The van der Waals surface area contributed by atoms with Gasteiger partial charge in [-0.3, -0.25) is 14.7 Å². The Hall–Kier alpha value is -1.89. The summed E-state index contributed by atoms with van der Waals surface area (Å²) in [6.07, 6.45) is 1.79.